The molecule has 1 fully saturated rings. The minimum Gasteiger partial charge on any atom is -0.354 e. The van der Waals surface area contributed by atoms with E-state index in [1.54, 1.807) is 17.7 Å². The Bertz CT molecular complexity index is 644. The maximum Gasteiger partial charge on any atom is 0.242 e. The number of carbonyl (C=O) groups excluding carboxylic acids is 1. The Kier molecular flexibility index (Phi) is 4.84. The second kappa shape index (κ2) is 7.02. The molecule has 2 N–H and O–H groups in total. The lowest BCUT2D eigenvalue weighted by atomic mass is 10.2. The van der Waals surface area contributed by atoms with E-state index in [1.807, 2.05) is 18.5 Å². The predicted octanol–water partition coefficient (Wildman–Crippen LogP) is 1.39. The lowest BCUT2D eigenvalue weighted by Crippen LogP contribution is -2.44. The van der Waals surface area contributed by atoms with Crippen LogP contribution in [0.2, 0.25) is 0 Å². The van der Waals surface area contributed by atoms with Crippen molar-refractivity contribution in [2.24, 2.45) is 0 Å². The molecule has 3 rings (SSSR count). The molecule has 3 heterocycles. The van der Waals surface area contributed by atoms with Crippen LogP contribution in [-0.4, -0.2) is 48.6 Å². The van der Waals surface area contributed by atoms with Gasteiger partial charge in [0, 0.05) is 13.1 Å². The van der Waals surface area contributed by atoms with Crippen LogP contribution in [-0.2, 0) is 4.79 Å². The van der Waals surface area contributed by atoms with E-state index in [0.29, 0.717) is 6.54 Å². The standard InChI is InChI=1S/C15H21N5OS/c1-16-6-3-7-17-14(21)12-4-2-8-20(12)13-11-5-9-22-15(11)19-10-18-13/h5,9-10,12,16H,2-4,6-8H2,1H3,(H,17,21). The van der Waals surface area contributed by atoms with Gasteiger partial charge in [-0.15, -0.1) is 11.3 Å². The lowest BCUT2D eigenvalue weighted by Gasteiger charge is -2.25. The smallest absolute Gasteiger partial charge is 0.242 e. The van der Waals surface area contributed by atoms with E-state index in [-0.39, 0.29) is 11.9 Å². The molecule has 118 valence electrons. The summed E-state index contributed by atoms with van der Waals surface area (Å²) in [6.45, 7) is 2.49. The summed E-state index contributed by atoms with van der Waals surface area (Å²) in [6, 6.07) is 1.92. The Hall–Kier alpha value is -1.73. The molecule has 0 aliphatic carbocycles. The zero-order chi connectivity index (χ0) is 15.4. The number of rotatable bonds is 6. The quantitative estimate of drug-likeness (QED) is 0.787. The Balaban J connectivity index is 1.73. The first kappa shape index (κ1) is 15.2. The van der Waals surface area contributed by atoms with Gasteiger partial charge >= 0.3 is 0 Å². The number of nitrogens with zero attached hydrogens (tertiary/aromatic N) is 3. The van der Waals surface area contributed by atoms with Gasteiger partial charge in [-0.1, -0.05) is 0 Å². The van der Waals surface area contributed by atoms with Gasteiger partial charge in [0.05, 0.1) is 5.39 Å². The zero-order valence-electron chi connectivity index (χ0n) is 12.7. The number of aromatic nitrogens is 2. The molecule has 0 saturated carbocycles. The monoisotopic (exact) mass is 319 g/mol. The molecule has 0 bridgehead atoms. The Morgan fingerprint density at radius 1 is 1.45 bits per heavy atom. The average Bonchev–Trinajstić information content (AvgIpc) is 3.19. The second-order valence-electron chi connectivity index (χ2n) is 5.44. The van der Waals surface area contributed by atoms with Crippen LogP contribution in [0, 0.1) is 0 Å². The summed E-state index contributed by atoms with van der Waals surface area (Å²) in [6.07, 6.45) is 4.43. The third kappa shape index (κ3) is 3.05. The topological polar surface area (TPSA) is 70.2 Å². The van der Waals surface area contributed by atoms with Crippen LogP contribution in [0.4, 0.5) is 5.82 Å². The molecule has 6 nitrogen and oxygen atoms in total. The Labute approximate surface area is 133 Å². The van der Waals surface area contributed by atoms with Crippen LogP contribution >= 0.6 is 11.3 Å². The van der Waals surface area contributed by atoms with Crippen LogP contribution in [0.5, 0.6) is 0 Å². The Morgan fingerprint density at radius 2 is 2.36 bits per heavy atom. The maximum atomic E-state index is 12.5. The summed E-state index contributed by atoms with van der Waals surface area (Å²) in [5.74, 6) is 0.995. The van der Waals surface area contributed by atoms with E-state index in [1.165, 1.54) is 0 Å². The first-order chi connectivity index (χ1) is 10.8. The van der Waals surface area contributed by atoms with E-state index in [9.17, 15) is 4.79 Å². The number of hydrogen-bond donors (Lipinski definition) is 2. The first-order valence-electron chi connectivity index (χ1n) is 7.68. The van der Waals surface area contributed by atoms with Gasteiger partial charge in [-0.3, -0.25) is 4.79 Å². The molecular weight excluding hydrogens is 298 g/mol. The van der Waals surface area contributed by atoms with Crippen LogP contribution in [0.25, 0.3) is 10.2 Å². The highest BCUT2D eigenvalue weighted by atomic mass is 32.1. The fraction of sp³-hybridized carbons (Fsp3) is 0.533. The van der Waals surface area contributed by atoms with Crippen molar-refractivity contribution in [3.05, 3.63) is 17.8 Å². The third-order valence-corrected chi connectivity index (χ3v) is 4.79. The van der Waals surface area contributed by atoms with E-state index in [2.05, 4.69) is 25.5 Å². The van der Waals surface area contributed by atoms with Crippen molar-refractivity contribution in [1.82, 2.24) is 20.6 Å². The van der Waals surface area contributed by atoms with E-state index in [0.717, 1.165) is 48.4 Å². The molecule has 1 aliphatic rings. The van der Waals surface area contributed by atoms with Crippen molar-refractivity contribution in [2.75, 3.05) is 31.6 Å². The van der Waals surface area contributed by atoms with Gasteiger partial charge in [-0.25, -0.2) is 9.97 Å². The van der Waals surface area contributed by atoms with Gasteiger partial charge in [0.1, 0.15) is 23.0 Å². The summed E-state index contributed by atoms with van der Waals surface area (Å²) in [5, 5.41) is 9.19. The van der Waals surface area contributed by atoms with Gasteiger partial charge in [0.25, 0.3) is 0 Å². The molecule has 2 aromatic heterocycles. The lowest BCUT2D eigenvalue weighted by molar-refractivity contribution is -0.122. The van der Waals surface area contributed by atoms with Crippen molar-refractivity contribution in [3.8, 4) is 0 Å². The van der Waals surface area contributed by atoms with E-state index >= 15 is 0 Å². The van der Waals surface area contributed by atoms with Gasteiger partial charge in [-0.2, -0.15) is 0 Å². The molecule has 1 unspecified atom stereocenters. The summed E-state index contributed by atoms with van der Waals surface area (Å²) in [5.41, 5.74) is 0. The van der Waals surface area contributed by atoms with Crippen molar-refractivity contribution in [2.45, 2.75) is 25.3 Å². The minimum absolute atomic E-state index is 0.107. The molecule has 0 aromatic carbocycles. The number of fused-ring (bicyclic) bond motifs is 1. The van der Waals surface area contributed by atoms with Crippen LogP contribution < -0.4 is 15.5 Å². The molecule has 0 radical (unpaired) electrons. The van der Waals surface area contributed by atoms with Gasteiger partial charge in [-0.05, 0) is 44.3 Å². The number of thiophene rings is 1. The fourth-order valence-electron chi connectivity index (χ4n) is 2.89. The second-order valence-corrected chi connectivity index (χ2v) is 6.33. The van der Waals surface area contributed by atoms with E-state index in [4.69, 9.17) is 0 Å². The molecule has 1 atom stereocenters. The highest BCUT2D eigenvalue weighted by Gasteiger charge is 2.32. The minimum atomic E-state index is -0.118. The van der Waals surface area contributed by atoms with Gasteiger partial charge in [0.15, 0.2) is 0 Å². The molecule has 2 aromatic rings. The Morgan fingerprint density at radius 3 is 3.23 bits per heavy atom. The van der Waals surface area contributed by atoms with Crippen molar-refractivity contribution in [1.29, 1.82) is 0 Å². The van der Waals surface area contributed by atoms with Gasteiger partial charge in [0.2, 0.25) is 5.91 Å². The molecular formula is C15H21N5OS. The normalized spacial score (nSPS) is 18.0. The summed E-state index contributed by atoms with van der Waals surface area (Å²) in [7, 11) is 1.92. The highest BCUT2D eigenvalue weighted by molar-refractivity contribution is 7.16. The fourth-order valence-corrected chi connectivity index (χ4v) is 3.62. The highest BCUT2D eigenvalue weighted by Crippen LogP contribution is 2.31. The van der Waals surface area contributed by atoms with Crippen LogP contribution in [0.15, 0.2) is 17.8 Å². The van der Waals surface area contributed by atoms with Gasteiger partial charge < -0.3 is 15.5 Å². The average molecular weight is 319 g/mol. The number of amides is 1. The van der Waals surface area contributed by atoms with E-state index < -0.39 is 0 Å². The molecule has 7 heteroatoms. The zero-order valence-corrected chi connectivity index (χ0v) is 13.5. The first-order valence-corrected chi connectivity index (χ1v) is 8.56. The molecule has 1 amide bonds. The third-order valence-electron chi connectivity index (χ3n) is 3.97. The SMILES string of the molecule is CNCCCNC(=O)C1CCCN1c1ncnc2sccc12. The van der Waals surface area contributed by atoms with Crippen LogP contribution in [0.1, 0.15) is 19.3 Å². The molecule has 22 heavy (non-hydrogen) atoms. The van der Waals surface area contributed by atoms with Crippen LogP contribution in [0.3, 0.4) is 0 Å². The summed E-state index contributed by atoms with van der Waals surface area (Å²) < 4.78 is 0. The molecule has 1 saturated heterocycles. The van der Waals surface area contributed by atoms with Crippen molar-refractivity contribution in [3.63, 3.8) is 0 Å². The summed E-state index contributed by atoms with van der Waals surface area (Å²) >= 11 is 1.60. The number of nitrogens with one attached hydrogen (secondary N) is 2. The largest absolute Gasteiger partial charge is 0.354 e. The molecule has 1 aliphatic heterocycles. The van der Waals surface area contributed by atoms with Crippen molar-refractivity contribution < 1.29 is 4.79 Å². The summed E-state index contributed by atoms with van der Waals surface area (Å²) in [4.78, 5) is 24.3. The number of carbonyl (C=O) groups is 1. The van der Waals surface area contributed by atoms with Crippen molar-refractivity contribution >= 4 is 33.3 Å². The number of anilines is 1. The number of hydrogen-bond acceptors (Lipinski definition) is 6. The maximum absolute atomic E-state index is 12.5. The predicted molar refractivity (Wildman–Crippen MR) is 89.3 cm³/mol. The molecule has 0 spiro atoms.